The van der Waals surface area contributed by atoms with E-state index in [1.807, 2.05) is 38.4 Å². The fraction of sp³-hybridized carbons (Fsp3) is 0.562. The van der Waals surface area contributed by atoms with E-state index in [2.05, 4.69) is 15.5 Å². The maximum Gasteiger partial charge on any atom is 0.237 e. The molecule has 1 heterocycles. The molecule has 1 saturated heterocycles. The van der Waals surface area contributed by atoms with Gasteiger partial charge in [0.1, 0.15) is 12.4 Å². The summed E-state index contributed by atoms with van der Waals surface area (Å²) in [6.45, 7) is 3.08. The normalized spacial score (nSPS) is 16.4. The molecule has 1 unspecified atom stereocenters. The second kappa shape index (κ2) is 11.5. The van der Waals surface area contributed by atoms with Crippen molar-refractivity contribution >= 4 is 30.7 Å². The van der Waals surface area contributed by atoms with Crippen LogP contribution in [0.2, 0.25) is 0 Å². The van der Waals surface area contributed by atoms with E-state index in [1.54, 1.807) is 0 Å². The van der Waals surface area contributed by atoms with E-state index in [0.717, 1.165) is 37.2 Å². The molecule has 1 aliphatic rings. The zero-order valence-electron chi connectivity index (χ0n) is 13.7. The topological polar surface area (TPSA) is 53.6 Å². The fourth-order valence-electron chi connectivity index (χ4n) is 2.27. The Hall–Kier alpha value is -1.01. The number of rotatable bonds is 7. The summed E-state index contributed by atoms with van der Waals surface area (Å²) in [6, 6.07) is 7.87. The molecule has 1 aliphatic heterocycles. The van der Waals surface area contributed by atoms with Crippen LogP contribution in [0.4, 0.5) is 0 Å². The third-order valence-electron chi connectivity index (χ3n) is 3.57. The molecule has 0 bridgehead atoms. The molecule has 7 heteroatoms. The average molecular weight is 364 g/mol. The molecule has 23 heavy (non-hydrogen) atoms. The van der Waals surface area contributed by atoms with Gasteiger partial charge in [0.25, 0.3) is 0 Å². The maximum absolute atomic E-state index is 11.9. The van der Waals surface area contributed by atoms with Crippen LogP contribution in [0, 0.1) is 0 Å². The van der Waals surface area contributed by atoms with Gasteiger partial charge in [0, 0.05) is 13.1 Å². The summed E-state index contributed by atoms with van der Waals surface area (Å²) in [4.78, 5) is 14.0. The second-order valence-corrected chi connectivity index (χ2v) is 5.66. The largest absolute Gasteiger partial charge is 0.492 e. The molecule has 1 aromatic rings. The lowest BCUT2D eigenvalue weighted by atomic mass is 10.2. The van der Waals surface area contributed by atoms with E-state index in [0.29, 0.717) is 13.2 Å². The Morgan fingerprint density at radius 3 is 2.57 bits per heavy atom. The smallest absolute Gasteiger partial charge is 0.237 e. The minimum absolute atomic E-state index is 0. The van der Waals surface area contributed by atoms with Crippen molar-refractivity contribution in [2.75, 3.05) is 33.8 Å². The third kappa shape index (κ3) is 7.88. The lowest BCUT2D eigenvalue weighted by molar-refractivity contribution is -0.122. The van der Waals surface area contributed by atoms with Crippen molar-refractivity contribution < 1.29 is 9.53 Å². The third-order valence-corrected chi connectivity index (χ3v) is 3.57. The van der Waals surface area contributed by atoms with Gasteiger partial charge in [0.05, 0.1) is 6.04 Å². The quantitative estimate of drug-likeness (QED) is 0.775. The van der Waals surface area contributed by atoms with E-state index in [-0.39, 0.29) is 36.8 Å². The van der Waals surface area contributed by atoms with Crippen LogP contribution in [-0.2, 0) is 11.3 Å². The highest BCUT2D eigenvalue weighted by molar-refractivity contribution is 5.85. The summed E-state index contributed by atoms with van der Waals surface area (Å²) >= 11 is 0. The van der Waals surface area contributed by atoms with Gasteiger partial charge in [0.2, 0.25) is 5.91 Å². The standard InChI is InChI=1S/C16H25N3O2.2ClH/c1-19(2)10-11-21-14-7-5-13(6-8-14)12-18-16(20)15-4-3-9-17-15;;/h5-8,15,17H,3-4,9-12H2,1-2H3,(H,18,20);2*1H. The highest BCUT2D eigenvalue weighted by atomic mass is 35.5. The van der Waals surface area contributed by atoms with Crippen LogP contribution in [-0.4, -0.2) is 50.6 Å². The van der Waals surface area contributed by atoms with Crippen molar-refractivity contribution in [2.24, 2.45) is 0 Å². The molecule has 2 N–H and O–H groups in total. The summed E-state index contributed by atoms with van der Waals surface area (Å²) in [5.74, 6) is 0.961. The lowest BCUT2D eigenvalue weighted by Gasteiger charge is -2.12. The molecule has 1 fully saturated rings. The molecule has 0 aliphatic carbocycles. The fourth-order valence-corrected chi connectivity index (χ4v) is 2.27. The summed E-state index contributed by atoms with van der Waals surface area (Å²) in [5, 5.41) is 6.17. The summed E-state index contributed by atoms with van der Waals surface area (Å²) in [5.41, 5.74) is 1.08. The van der Waals surface area contributed by atoms with Crippen LogP contribution in [0.5, 0.6) is 5.75 Å². The van der Waals surface area contributed by atoms with Gasteiger partial charge in [-0.2, -0.15) is 0 Å². The van der Waals surface area contributed by atoms with E-state index in [9.17, 15) is 4.79 Å². The van der Waals surface area contributed by atoms with Gasteiger partial charge in [-0.05, 0) is 51.2 Å². The van der Waals surface area contributed by atoms with Gasteiger partial charge in [-0.25, -0.2) is 0 Å². The summed E-state index contributed by atoms with van der Waals surface area (Å²) in [6.07, 6.45) is 2.02. The number of hydrogen-bond acceptors (Lipinski definition) is 4. The number of nitrogens with zero attached hydrogens (tertiary/aromatic N) is 1. The first-order valence-electron chi connectivity index (χ1n) is 7.53. The molecule has 5 nitrogen and oxygen atoms in total. The molecule has 0 radical (unpaired) electrons. The SMILES string of the molecule is CN(C)CCOc1ccc(CNC(=O)C2CCCN2)cc1.Cl.Cl. The van der Waals surface area contributed by atoms with Crippen molar-refractivity contribution in [1.82, 2.24) is 15.5 Å². The van der Waals surface area contributed by atoms with Crippen LogP contribution in [0.1, 0.15) is 18.4 Å². The first kappa shape index (κ1) is 22.0. The number of amides is 1. The molecule has 1 aromatic carbocycles. The maximum atomic E-state index is 11.9. The van der Waals surface area contributed by atoms with Gasteiger partial charge in [-0.1, -0.05) is 12.1 Å². The predicted octanol–water partition coefficient (Wildman–Crippen LogP) is 1.84. The second-order valence-electron chi connectivity index (χ2n) is 5.66. The molecule has 1 amide bonds. The molecule has 2 rings (SSSR count). The van der Waals surface area contributed by atoms with Gasteiger partial charge < -0.3 is 20.3 Å². The van der Waals surface area contributed by atoms with Crippen molar-refractivity contribution in [1.29, 1.82) is 0 Å². The van der Waals surface area contributed by atoms with E-state index in [1.165, 1.54) is 0 Å². The molecule has 132 valence electrons. The monoisotopic (exact) mass is 363 g/mol. The van der Waals surface area contributed by atoms with Crippen molar-refractivity contribution in [3.8, 4) is 5.75 Å². The molecule has 0 spiro atoms. The molecule has 0 aromatic heterocycles. The summed E-state index contributed by atoms with van der Waals surface area (Å²) in [7, 11) is 4.04. The zero-order chi connectivity index (χ0) is 15.1. The van der Waals surface area contributed by atoms with Crippen LogP contribution >= 0.6 is 24.8 Å². The van der Waals surface area contributed by atoms with E-state index < -0.39 is 0 Å². The van der Waals surface area contributed by atoms with Crippen molar-refractivity contribution in [3.05, 3.63) is 29.8 Å². The first-order chi connectivity index (χ1) is 10.1. The number of carbonyl (C=O) groups is 1. The highest BCUT2D eigenvalue weighted by Crippen LogP contribution is 2.12. The first-order valence-corrected chi connectivity index (χ1v) is 7.53. The molecular formula is C16H27Cl2N3O2. The van der Waals surface area contributed by atoms with Gasteiger partial charge >= 0.3 is 0 Å². The Bertz CT molecular complexity index is 449. The van der Waals surface area contributed by atoms with Crippen molar-refractivity contribution in [3.63, 3.8) is 0 Å². The number of likely N-dealkylation sites (N-methyl/N-ethyl adjacent to an activating group) is 1. The number of ether oxygens (including phenoxy) is 1. The molecule has 1 atom stereocenters. The Labute approximate surface area is 151 Å². The van der Waals surface area contributed by atoms with Crippen LogP contribution in [0.15, 0.2) is 24.3 Å². The van der Waals surface area contributed by atoms with Gasteiger partial charge in [-0.3, -0.25) is 4.79 Å². The molecule has 0 saturated carbocycles. The van der Waals surface area contributed by atoms with Gasteiger partial charge in [0.15, 0.2) is 0 Å². The number of hydrogen-bond donors (Lipinski definition) is 2. The highest BCUT2D eigenvalue weighted by Gasteiger charge is 2.21. The number of benzene rings is 1. The van der Waals surface area contributed by atoms with Crippen LogP contribution < -0.4 is 15.4 Å². The molecular weight excluding hydrogens is 337 g/mol. The van der Waals surface area contributed by atoms with Crippen LogP contribution in [0.25, 0.3) is 0 Å². The zero-order valence-corrected chi connectivity index (χ0v) is 15.3. The minimum Gasteiger partial charge on any atom is -0.492 e. The number of halogens is 2. The average Bonchev–Trinajstić information content (AvgIpc) is 3.00. The van der Waals surface area contributed by atoms with E-state index in [4.69, 9.17) is 4.74 Å². The minimum atomic E-state index is -0.0151. The number of carbonyl (C=O) groups excluding carboxylic acids is 1. The Morgan fingerprint density at radius 2 is 2.00 bits per heavy atom. The summed E-state index contributed by atoms with van der Waals surface area (Å²) < 4.78 is 5.64. The Balaban J connectivity index is 0.00000242. The Morgan fingerprint density at radius 1 is 1.30 bits per heavy atom. The number of nitrogens with one attached hydrogen (secondary N) is 2. The van der Waals surface area contributed by atoms with Crippen LogP contribution in [0.3, 0.4) is 0 Å². The predicted molar refractivity (Wildman–Crippen MR) is 97.9 cm³/mol. The Kier molecular flexibility index (Phi) is 11.0. The van der Waals surface area contributed by atoms with E-state index >= 15 is 0 Å². The van der Waals surface area contributed by atoms with Gasteiger partial charge in [-0.15, -0.1) is 24.8 Å². The van der Waals surface area contributed by atoms with Crippen molar-refractivity contribution in [2.45, 2.75) is 25.4 Å². The lowest BCUT2D eigenvalue weighted by Crippen LogP contribution is -2.39.